The van der Waals surface area contributed by atoms with E-state index in [0.29, 0.717) is 0 Å². The second-order valence-electron chi connectivity index (χ2n) is 3.71. The van der Waals surface area contributed by atoms with Crippen LogP contribution < -0.4 is 0 Å². The van der Waals surface area contributed by atoms with Crippen molar-refractivity contribution in [2.24, 2.45) is 0 Å². The molecule has 0 saturated carbocycles. The predicted molar refractivity (Wildman–Crippen MR) is 85.0 cm³/mol. The minimum atomic E-state index is 1.15. The molecule has 0 aliphatic heterocycles. The zero-order valence-corrected chi connectivity index (χ0v) is 11.6. The molecular formula is C16H13I. The molecule has 0 heterocycles. The fourth-order valence-electron chi connectivity index (χ4n) is 1.77. The van der Waals surface area contributed by atoms with Gasteiger partial charge in [0.05, 0.1) is 0 Å². The molecule has 2 aromatic rings. The van der Waals surface area contributed by atoms with E-state index in [1.54, 1.807) is 0 Å². The van der Waals surface area contributed by atoms with Crippen molar-refractivity contribution in [3.63, 3.8) is 0 Å². The summed E-state index contributed by atoms with van der Waals surface area (Å²) < 4.78 is 2.04. The zero-order chi connectivity index (χ0) is 12.1. The maximum atomic E-state index is 3.77. The van der Waals surface area contributed by atoms with Gasteiger partial charge < -0.3 is 0 Å². The third-order valence-electron chi connectivity index (χ3n) is 2.66. The van der Waals surface area contributed by atoms with Crippen molar-refractivity contribution in [2.45, 2.75) is 0 Å². The number of hydrogen-bond donors (Lipinski definition) is 0. The molecule has 0 aromatic heterocycles. The first-order chi connectivity index (χ1) is 8.35. The molecular weight excluding hydrogens is 319 g/mol. The molecule has 84 valence electrons. The van der Waals surface area contributed by atoms with E-state index in [0.717, 1.165) is 5.56 Å². The maximum absolute atomic E-state index is 3.77. The van der Waals surface area contributed by atoms with E-state index >= 15 is 0 Å². The van der Waals surface area contributed by atoms with Gasteiger partial charge in [0.2, 0.25) is 0 Å². The van der Waals surface area contributed by atoms with Gasteiger partial charge in [-0.3, -0.25) is 0 Å². The van der Waals surface area contributed by atoms with Crippen LogP contribution in [0.1, 0.15) is 11.1 Å². The summed E-state index contributed by atoms with van der Waals surface area (Å²) in [5, 5.41) is 0. The standard InChI is InChI=1S/C16H13I/c1-2-13-7-9-15(10-8-13)16-6-4-3-5-14(16)11-12-17/h2-12H,1H2. The van der Waals surface area contributed by atoms with E-state index in [-0.39, 0.29) is 0 Å². The molecule has 0 nitrogen and oxygen atoms in total. The summed E-state index contributed by atoms with van der Waals surface area (Å²) >= 11 is 2.24. The van der Waals surface area contributed by atoms with E-state index in [1.165, 1.54) is 16.7 Å². The largest absolute Gasteiger partial charge is 0.0985 e. The lowest BCUT2D eigenvalue weighted by molar-refractivity contribution is 1.58. The highest BCUT2D eigenvalue weighted by molar-refractivity contribution is 14.1. The van der Waals surface area contributed by atoms with Gasteiger partial charge in [0.1, 0.15) is 0 Å². The van der Waals surface area contributed by atoms with E-state index in [1.807, 2.05) is 10.2 Å². The normalized spacial score (nSPS) is 10.6. The lowest BCUT2D eigenvalue weighted by Crippen LogP contribution is -1.82. The van der Waals surface area contributed by atoms with Gasteiger partial charge in [-0.05, 0) is 32.4 Å². The molecule has 0 amide bonds. The Kier molecular flexibility index (Phi) is 4.15. The molecule has 1 heteroatoms. The van der Waals surface area contributed by atoms with Gasteiger partial charge in [0.15, 0.2) is 0 Å². The Labute approximate surface area is 116 Å². The van der Waals surface area contributed by atoms with Crippen LogP contribution in [0.15, 0.2) is 59.2 Å². The molecule has 0 radical (unpaired) electrons. The average molecular weight is 332 g/mol. The first kappa shape index (κ1) is 12.1. The summed E-state index contributed by atoms with van der Waals surface area (Å²) in [5.74, 6) is 0. The van der Waals surface area contributed by atoms with Crippen LogP contribution in [-0.2, 0) is 0 Å². The lowest BCUT2D eigenvalue weighted by Gasteiger charge is -2.06. The minimum Gasteiger partial charge on any atom is -0.0985 e. The van der Waals surface area contributed by atoms with Crippen LogP contribution >= 0.6 is 22.6 Å². The summed E-state index contributed by atoms with van der Waals surface area (Å²) in [7, 11) is 0. The Balaban J connectivity index is 2.48. The van der Waals surface area contributed by atoms with Crippen molar-refractivity contribution in [1.82, 2.24) is 0 Å². The van der Waals surface area contributed by atoms with Crippen LogP contribution in [0.2, 0.25) is 0 Å². The van der Waals surface area contributed by atoms with Crippen LogP contribution in [0.4, 0.5) is 0 Å². The van der Waals surface area contributed by atoms with Gasteiger partial charge in [-0.15, -0.1) is 0 Å². The van der Waals surface area contributed by atoms with Crippen LogP contribution in [-0.4, -0.2) is 0 Å². The summed E-state index contributed by atoms with van der Waals surface area (Å²) in [6, 6.07) is 16.9. The molecule has 2 aromatic carbocycles. The molecule has 0 saturated heterocycles. The Morgan fingerprint density at radius 3 is 2.29 bits per heavy atom. The first-order valence-corrected chi connectivity index (χ1v) is 6.68. The second kappa shape index (κ2) is 5.82. The van der Waals surface area contributed by atoms with Gasteiger partial charge in [0.25, 0.3) is 0 Å². The van der Waals surface area contributed by atoms with Gasteiger partial charge in [-0.2, -0.15) is 0 Å². The molecule has 2 rings (SSSR count). The second-order valence-corrected chi connectivity index (χ2v) is 4.43. The maximum Gasteiger partial charge on any atom is -0.0111 e. The van der Waals surface area contributed by atoms with Crippen molar-refractivity contribution in [3.8, 4) is 11.1 Å². The Bertz CT molecular complexity index is 536. The average Bonchev–Trinajstić information content (AvgIpc) is 2.40. The van der Waals surface area contributed by atoms with Crippen molar-refractivity contribution < 1.29 is 0 Å². The molecule has 0 aliphatic carbocycles. The van der Waals surface area contributed by atoms with E-state index < -0.39 is 0 Å². The van der Waals surface area contributed by atoms with Gasteiger partial charge in [-0.1, -0.05) is 83.8 Å². The zero-order valence-electron chi connectivity index (χ0n) is 9.44. The third kappa shape index (κ3) is 2.86. The van der Waals surface area contributed by atoms with E-state index in [9.17, 15) is 0 Å². The van der Waals surface area contributed by atoms with E-state index in [4.69, 9.17) is 0 Å². The molecule has 0 spiro atoms. The van der Waals surface area contributed by atoms with Crippen molar-refractivity contribution in [1.29, 1.82) is 0 Å². The van der Waals surface area contributed by atoms with Gasteiger partial charge in [0, 0.05) is 0 Å². The summed E-state index contributed by atoms with van der Waals surface area (Å²) in [6.07, 6.45) is 3.98. The summed E-state index contributed by atoms with van der Waals surface area (Å²) in [4.78, 5) is 0. The number of rotatable bonds is 3. The van der Waals surface area contributed by atoms with Crippen LogP contribution in [0, 0.1) is 0 Å². The molecule has 0 unspecified atom stereocenters. The first-order valence-electron chi connectivity index (χ1n) is 5.44. The molecule has 0 N–H and O–H groups in total. The number of benzene rings is 2. The van der Waals surface area contributed by atoms with Crippen LogP contribution in [0.3, 0.4) is 0 Å². The van der Waals surface area contributed by atoms with Crippen LogP contribution in [0.5, 0.6) is 0 Å². The highest BCUT2D eigenvalue weighted by Gasteiger charge is 2.01. The molecule has 0 fully saturated rings. The smallest absolute Gasteiger partial charge is 0.0111 e. The van der Waals surface area contributed by atoms with E-state index in [2.05, 4.69) is 83.8 Å². The Hall–Kier alpha value is -1.35. The fourth-order valence-corrected chi connectivity index (χ4v) is 2.16. The Morgan fingerprint density at radius 2 is 1.65 bits per heavy atom. The molecule has 0 bridgehead atoms. The predicted octanol–water partition coefficient (Wildman–Crippen LogP) is 5.40. The van der Waals surface area contributed by atoms with Crippen molar-refractivity contribution in [2.75, 3.05) is 0 Å². The molecule has 0 aliphatic rings. The highest BCUT2D eigenvalue weighted by Crippen LogP contribution is 2.25. The number of hydrogen-bond acceptors (Lipinski definition) is 0. The molecule has 17 heavy (non-hydrogen) atoms. The SMILES string of the molecule is C=Cc1ccc(-c2ccccc2C=CI)cc1. The fraction of sp³-hybridized carbons (Fsp3) is 0. The van der Waals surface area contributed by atoms with Crippen molar-refractivity contribution >= 4 is 34.7 Å². The lowest BCUT2D eigenvalue weighted by atomic mass is 9.99. The third-order valence-corrected chi connectivity index (χ3v) is 3.02. The minimum absolute atomic E-state index is 1.15. The monoisotopic (exact) mass is 332 g/mol. The Morgan fingerprint density at radius 1 is 0.941 bits per heavy atom. The number of halogens is 1. The topological polar surface area (TPSA) is 0 Å². The quantitative estimate of drug-likeness (QED) is 0.660. The summed E-state index contributed by atoms with van der Waals surface area (Å²) in [5.41, 5.74) is 4.89. The molecule has 0 atom stereocenters. The summed E-state index contributed by atoms with van der Waals surface area (Å²) in [6.45, 7) is 3.77. The van der Waals surface area contributed by atoms with Gasteiger partial charge in [-0.25, -0.2) is 0 Å². The van der Waals surface area contributed by atoms with Gasteiger partial charge >= 0.3 is 0 Å². The van der Waals surface area contributed by atoms with Crippen LogP contribution in [0.25, 0.3) is 23.3 Å². The van der Waals surface area contributed by atoms with Crippen molar-refractivity contribution in [3.05, 3.63) is 70.3 Å². The highest BCUT2D eigenvalue weighted by atomic mass is 127.